The fourth-order valence-electron chi connectivity index (χ4n) is 4.69. The predicted octanol–water partition coefficient (Wildman–Crippen LogP) is 3.99. The molecule has 0 bridgehead atoms. The number of aromatic nitrogens is 1. The molecule has 2 aromatic carbocycles. The molecule has 1 fully saturated rings. The topological polar surface area (TPSA) is 83.3 Å². The van der Waals surface area contributed by atoms with Crippen molar-refractivity contribution in [1.82, 2.24) is 10.1 Å². The van der Waals surface area contributed by atoms with E-state index in [0.29, 0.717) is 47.5 Å². The monoisotopic (exact) mass is 464 g/mol. The zero-order valence-electron chi connectivity index (χ0n) is 19.8. The van der Waals surface area contributed by atoms with Gasteiger partial charge in [-0.2, -0.15) is 0 Å². The normalized spacial score (nSPS) is 15.9. The van der Waals surface area contributed by atoms with E-state index in [-0.39, 0.29) is 5.91 Å². The maximum absolute atomic E-state index is 13.7. The molecule has 0 N–H and O–H groups in total. The van der Waals surface area contributed by atoms with Gasteiger partial charge in [0.2, 0.25) is 5.91 Å². The fourth-order valence-corrected chi connectivity index (χ4v) is 4.69. The molecule has 3 aromatic rings. The standard InChI is InChI=1S/C26H28N2O6/c1-30-19-6-5-17(12-21(19)31-2)20-14-24(27-34-20)26(8-9-26)25(29)28-10-7-16-11-22(32-3)23(33-4)13-18(16)15-28/h5-6,11-14H,7-10,15H2,1-4H3. The van der Waals surface area contributed by atoms with Crippen molar-refractivity contribution < 1.29 is 28.3 Å². The highest BCUT2D eigenvalue weighted by Crippen LogP contribution is 2.50. The Balaban J connectivity index is 1.38. The molecule has 8 nitrogen and oxygen atoms in total. The van der Waals surface area contributed by atoms with Crippen LogP contribution in [0.4, 0.5) is 0 Å². The van der Waals surface area contributed by atoms with Crippen LogP contribution in [-0.2, 0) is 23.2 Å². The van der Waals surface area contributed by atoms with E-state index in [2.05, 4.69) is 5.16 Å². The van der Waals surface area contributed by atoms with Crippen LogP contribution in [0.5, 0.6) is 23.0 Å². The number of hydrogen-bond acceptors (Lipinski definition) is 7. The lowest BCUT2D eigenvalue weighted by Crippen LogP contribution is -2.42. The molecular weight excluding hydrogens is 436 g/mol. The summed E-state index contributed by atoms with van der Waals surface area (Å²) in [6.45, 7) is 1.19. The van der Waals surface area contributed by atoms with E-state index in [1.165, 1.54) is 5.56 Å². The molecule has 1 saturated carbocycles. The molecule has 0 spiro atoms. The van der Waals surface area contributed by atoms with E-state index in [0.717, 1.165) is 30.4 Å². The fraction of sp³-hybridized carbons (Fsp3) is 0.385. The Hall–Kier alpha value is -3.68. The Labute approximate surface area is 198 Å². The first-order valence-corrected chi connectivity index (χ1v) is 11.3. The SMILES string of the molecule is COc1ccc(-c2cc(C3(C(=O)N4CCc5cc(OC)c(OC)cc5C4)CC3)no2)cc1OC. The minimum absolute atomic E-state index is 0.0973. The lowest BCUT2D eigenvalue weighted by atomic mass is 9.94. The van der Waals surface area contributed by atoms with Gasteiger partial charge >= 0.3 is 0 Å². The molecule has 0 unspecified atom stereocenters. The molecular formula is C26H28N2O6. The number of carbonyl (C=O) groups is 1. The Kier molecular flexibility index (Phi) is 5.59. The lowest BCUT2D eigenvalue weighted by molar-refractivity contribution is -0.135. The average molecular weight is 465 g/mol. The highest BCUT2D eigenvalue weighted by atomic mass is 16.5. The van der Waals surface area contributed by atoms with Crippen molar-refractivity contribution in [2.45, 2.75) is 31.2 Å². The van der Waals surface area contributed by atoms with Crippen molar-refractivity contribution in [2.24, 2.45) is 0 Å². The second kappa shape index (κ2) is 8.59. The quantitative estimate of drug-likeness (QED) is 0.523. The minimum Gasteiger partial charge on any atom is -0.493 e. The lowest BCUT2D eigenvalue weighted by Gasteiger charge is -2.32. The van der Waals surface area contributed by atoms with Crippen LogP contribution < -0.4 is 18.9 Å². The maximum atomic E-state index is 13.7. The number of fused-ring (bicyclic) bond motifs is 1. The van der Waals surface area contributed by atoms with Gasteiger partial charge in [-0.15, -0.1) is 0 Å². The molecule has 178 valence electrons. The van der Waals surface area contributed by atoms with Crippen molar-refractivity contribution in [1.29, 1.82) is 0 Å². The molecule has 2 aliphatic rings. The van der Waals surface area contributed by atoms with Crippen LogP contribution in [0.1, 0.15) is 29.7 Å². The van der Waals surface area contributed by atoms with Crippen LogP contribution in [0.25, 0.3) is 11.3 Å². The molecule has 34 heavy (non-hydrogen) atoms. The van der Waals surface area contributed by atoms with Gasteiger partial charge in [0.1, 0.15) is 0 Å². The molecule has 1 amide bonds. The molecule has 0 radical (unpaired) electrons. The Morgan fingerprint density at radius 3 is 2.18 bits per heavy atom. The van der Waals surface area contributed by atoms with Crippen LogP contribution >= 0.6 is 0 Å². The number of nitrogens with zero attached hydrogens (tertiary/aromatic N) is 2. The summed E-state index contributed by atoms with van der Waals surface area (Å²) in [5.74, 6) is 3.32. The van der Waals surface area contributed by atoms with Crippen LogP contribution in [0, 0.1) is 0 Å². The van der Waals surface area contributed by atoms with Crippen LogP contribution in [0.3, 0.4) is 0 Å². The van der Waals surface area contributed by atoms with Gasteiger partial charge in [0.15, 0.2) is 28.8 Å². The Morgan fingerprint density at radius 1 is 0.882 bits per heavy atom. The van der Waals surface area contributed by atoms with Crippen molar-refractivity contribution in [3.63, 3.8) is 0 Å². The summed E-state index contributed by atoms with van der Waals surface area (Å²) in [7, 11) is 6.44. The number of rotatable bonds is 7. The summed E-state index contributed by atoms with van der Waals surface area (Å²) in [6.07, 6.45) is 2.30. The number of methoxy groups -OCH3 is 4. The third-order valence-corrected chi connectivity index (χ3v) is 6.83. The van der Waals surface area contributed by atoms with Crippen LogP contribution in [0.15, 0.2) is 40.9 Å². The van der Waals surface area contributed by atoms with Gasteiger partial charge in [-0.05, 0) is 60.7 Å². The van der Waals surface area contributed by atoms with E-state index in [1.54, 1.807) is 28.4 Å². The summed E-state index contributed by atoms with van der Waals surface area (Å²) < 4.78 is 27.2. The van der Waals surface area contributed by atoms with E-state index in [1.807, 2.05) is 41.3 Å². The van der Waals surface area contributed by atoms with Crippen molar-refractivity contribution in [2.75, 3.05) is 35.0 Å². The Bertz CT molecular complexity index is 1230. The number of hydrogen-bond donors (Lipinski definition) is 0. The van der Waals surface area contributed by atoms with Gasteiger partial charge in [-0.1, -0.05) is 5.16 Å². The van der Waals surface area contributed by atoms with E-state index >= 15 is 0 Å². The Morgan fingerprint density at radius 2 is 1.53 bits per heavy atom. The van der Waals surface area contributed by atoms with E-state index in [4.69, 9.17) is 23.5 Å². The number of benzene rings is 2. The molecule has 8 heteroatoms. The largest absolute Gasteiger partial charge is 0.493 e. The molecule has 1 aromatic heterocycles. The average Bonchev–Trinajstić information content (AvgIpc) is 3.55. The number of ether oxygens (including phenoxy) is 4. The number of carbonyl (C=O) groups excluding carboxylic acids is 1. The van der Waals surface area contributed by atoms with Gasteiger partial charge in [-0.25, -0.2) is 0 Å². The predicted molar refractivity (Wildman–Crippen MR) is 125 cm³/mol. The van der Waals surface area contributed by atoms with Crippen LogP contribution in [0.2, 0.25) is 0 Å². The van der Waals surface area contributed by atoms with Crippen molar-refractivity contribution >= 4 is 5.91 Å². The van der Waals surface area contributed by atoms with Crippen LogP contribution in [-0.4, -0.2) is 50.9 Å². The highest BCUT2D eigenvalue weighted by molar-refractivity contribution is 5.91. The number of amides is 1. The second-order valence-electron chi connectivity index (χ2n) is 8.68. The van der Waals surface area contributed by atoms with Crippen molar-refractivity contribution in [3.8, 4) is 34.3 Å². The smallest absolute Gasteiger partial charge is 0.235 e. The zero-order chi connectivity index (χ0) is 23.9. The molecule has 1 aliphatic carbocycles. The van der Waals surface area contributed by atoms with Gasteiger partial charge in [-0.3, -0.25) is 4.79 Å². The highest BCUT2D eigenvalue weighted by Gasteiger charge is 2.55. The van der Waals surface area contributed by atoms with Crippen molar-refractivity contribution in [3.05, 3.63) is 53.2 Å². The first kappa shape index (κ1) is 22.1. The molecule has 0 saturated heterocycles. The molecule has 1 aliphatic heterocycles. The third-order valence-electron chi connectivity index (χ3n) is 6.83. The van der Waals surface area contributed by atoms with Gasteiger partial charge in [0.05, 0.1) is 39.5 Å². The molecule has 0 atom stereocenters. The van der Waals surface area contributed by atoms with E-state index < -0.39 is 5.41 Å². The summed E-state index contributed by atoms with van der Waals surface area (Å²) in [6, 6.07) is 11.4. The molecule has 5 rings (SSSR count). The van der Waals surface area contributed by atoms with E-state index in [9.17, 15) is 4.79 Å². The first-order chi connectivity index (χ1) is 16.5. The molecule has 2 heterocycles. The summed E-state index contributed by atoms with van der Waals surface area (Å²) in [4.78, 5) is 15.6. The zero-order valence-corrected chi connectivity index (χ0v) is 19.8. The van der Waals surface area contributed by atoms with Gasteiger partial charge < -0.3 is 28.4 Å². The second-order valence-corrected chi connectivity index (χ2v) is 8.68. The minimum atomic E-state index is -0.619. The first-order valence-electron chi connectivity index (χ1n) is 11.3. The van der Waals surface area contributed by atoms with Gasteiger partial charge in [0, 0.05) is 24.7 Å². The summed E-state index contributed by atoms with van der Waals surface area (Å²) in [5, 5.41) is 4.30. The summed E-state index contributed by atoms with van der Waals surface area (Å²) >= 11 is 0. The summed E-state index contributed by atoms with van der Waals surface area (Å²) in [5.41, 5.74) is 3.14. The third kappa shape index (κ3) is 3.63. The maximum Gasteiger partial charge on any atom is 0.235 e. The van der Waals surface area contributed by atoms with Gasteiger partial charge in [0.25, 0.3) is 0 Å².